The molecule has 0 spiro atoms. The Morgan fingerprint density at radius 3 is 2.59 bits per heavy atom. The third-order valence-electron chi connectivity index (χ3n) is 1.83. The average Bonchev–Trinajstić information content (AvgIpc) is 2.78. The summed E-state index contributed by atoms with van der Waals surface area (Å²) in [5.41, 5.74) is -0.426. The molecule has 0 aliphatic rings. The van der Waals surface area contributed by atoms with Crippen molar-refractivity contribution in [1.29, 1.82) is 0 Å². The van der Waals surface area contributed by atoms with Crippen LogP contribution in [0.2, 0.25) is 0 Å². The summed E-state index contributed by atoms with van der Waals surface area (Å²) in [5, 5.41) is 18.1. The summed E-state index contributed by atoms with van der Waals surface area (Å²) in [6.07, 6.45) is 1.07. The molecule has 9 heteroatoms. The molecule has 0 aromatic carbocycles. The van der Waals surface area contributed by atoms with Crippen LogP contribution in [0.5, 0.6) is 0 Å². The first-order chi connectivity index (χ1) is 8.15. The second-order valence-corrected chi connectivity index (χ2v) is 2.75. The Hall–Kier alpha value is -2.45. The van der Waals surface area contributed by atoms with Crippen molar-refractivity contribution in [3.8, 4) is 0 Å². The summed E-state index contributed by atoms with van der Waals surface area (Å²) in [6.45, 7) is -0.0368. The smallest absolute Gasteiger partial charge is 0.361 e. The van der Waals surface area contributed by atoms with Gasteiger partial charge in [-0.25, -0.2) is 14.3 Å². The van der Waals surface area contributed by atoms with Crippen LogP contribution >= 0.6 is 0 Å². The SMILES string of the molecule is COC(=O)c1nnn(CC=NO)c1C(=O)OC. The van der Waals surface area contributed by atoms with E-state index in [0.717, 1.165) is 25.1 Å². The molecule has 92 valence electrons. The Labute approximate surface area is 95.6 Å². The molecule has 17 heavy (non-hydrogen) atoms. The normalized spacial score (nSPS) is 10.5. The van der Waals surface area contributed by atoms with Crippen LogP contribution in [0, 0.1) is 0 Å². The second kappa shape index (κ2) is 5.58. The fraction of sp³-hybridized carbons (Fsp3) is 0.375. The highest BCUT2D eigenvalue weighted by Gasteiger charge is 2.26. The van der Waals surface area contributed by atoms with Crippen molar-refractivity contribution in [1.82, 2.24) is 15.0 Å². The van der Waals surface area contributed by atoms with Crippen molar-refractivity contribution >= 4 is 18.2 Å². The average molecular weight is 242 g/mol. The third kappa shape index (κ3) is 2.56. The monoisotopic (exact) mass is 242 g/mol. The van der Waals surface area contributed by atoms with E-state index in [1.165, 1.54) is 0 Å². The lowest BCUT2D eigenvalue weighted by Crippen LogP contribution is -2.17. The fourth-order valence-corrected chi connectivity index (χ4v) is 1.09. The van der Waals surface area contributed by atoms with Gasteiger partial charge in [-0.05, 0) is 0 Å². The predicted molar refractivity (Wildman–Crippen MR) is 53.0 cm³/mol. The number of aromatic nitrogens is 3. The molecule has 0 bridgehead atoms. The number of ether oxygens (including phenoxy) is 2. The van der Waals surface area contributed by atoms with Crippen LogP contribution in [0.3, 0.4) is 0 Å². The number of hydrogen-bond donors (Lipinski definition) is 1. The fourth-order valence-electron chi connectivity index (χ4n) is 1.09. The van der Waals surface area contributed by atoms with E-state index in [1.54, 1.807) is 0 Å². The minimum absolute atomic E-state index is 0.0368. The molecule has 0 saturated carbocycles. The number of carbonyl (C=O) groups is 2. The maximum Gasteiger partial charge on any atom is 0.361 e. The van der Waals surface area contributed by atoms with Gasteiger partial charge in [0.1, 0.15) is 0 Å². The van der Waals surface area contributed by atoms with E-state index in [9.17, 15) is 9.59 Å². The molecular formula is C8H10N4O5. The number of carbonyl (C=O) groups excluding carboxylic acids is 2. The molecule has 1 heterocycles. The van der Waals surface area contributed by atoms with Gasteiger partial charge in [0.2, 0.25) is 5.69 Å². The van der Waals surface area contributed by atoms with Gasteiger partial charge in [-0.3, -0.25) is 0 Å². The minimum Gasteiger partial charge on any atom is -0.464 e. The molecule has 0 aliphatic heterocycles. The zero-order chi connectivity index (χ0) is 12.8. The van der Waals surface area contributed by atoms with Gasteiger partial charge in [0.25, 0.3) is 0 Å². The van der Waals surface area contributed by atoms with Gasteiger partial charge in [-0.2, -0.15) is 0 Å². The van der Waals surface area contributed by atoms with Gasteiger partial charge in [0.05, 0.1) is 27.0 Å². The largest absolute Gasteiger partial charge is 0.464 e. The first-order valence-electron chi connectivity index (χ1n) is 4.41. The molecule has 0 fully saturated rings. The van der Waals surface area contributed by atoms with Crippen LogP contribution in [-0.4, -0.2) is 52.6 Å². The van der Waals surface area contributed by atoms with Crippen LogP contribution in [-0.2, 0) is 16.0 Å². The van der Waals surface area contributed by atoms with E-state index in [0.29, 0.717) is 0 Å². The molecule has 9 nitrogen and oxygen atoms in total. The van der Waals surface area contributed by atoms with E-state index in [2.05, 4.69) is 24.9 Å². The van der Waals surface area contributed by atoms with Gasteiger partial charge >= 0.3 is 11.9 Å². The number of methoxy groups -OCH3 is 2. The quantitative estimate of drug-likeness (QED) is 0.321. The first kappa shape index (κ1) is 12.6. The van der Waals surface area contributed by atoms with Gasteiger partial charge < -0.3 is 14.7 Å². The zero-order valence-corrected chi connectivity index (χ0v) is 9.15. The van der Waals surface area contributed by atoms with Crippen LogP contribution in [0.1, 0.15) is 21.0 Å². The number of hydrogen-bond acceptors (Lipinski definition) is 8. The van der Waals surface area contributed by atoms with Crippen LogP contribution in [0.25, 0.3) is 0 Å². The highest BCUT2D eigenvalue weighted by Crippen LogP contribution is 2.08. The number of nitrogens with zero attached hydrogens (tertiary/aromatic N) is 4. The molecule has 0 amide bonds. The van der Waals surface area contributed by atoms with Crippen molar-refractivity contribution in [2.45, 2.75) is 6.54 Å². The summed E-state index contributed by atoms with van der Waals surface area (Å²) in [5.74, 6) is -1.60. The van der Waals surface area contributed by atoms with E-state index >= 15 is 0 Å². The number of rotatable bonds is 4. The Balaban J connectivity index is 3.19. The summed E-state index contributed by atoms with van der Waals surface area (Å²) < 4.78 is 9.99. The van der Waals surface area contributed by atoms with Crippen molar-refractivity contribution < 1.29 is 24.3 Å². The molecule has 1 N–H and O–H groups in total. The van der Waals surface area contributed by atoms with Crippen molar-refractivity contribution in [2.24, 2.45) is 5.16 Å². The number of esters is 2. The molecule has 0 radical (unpaired) electrons. The molecular weight excluding hydrogens is 232 g/mol. The zero-order valence-electron chi connectivity index (χ0n) is 9.15. The lowest BCUT2D eigenvalue weighted by atomic mass is 10.3. The molecule has 0 atom stereocenters. The Kier molecular flexibility index (Phi) is 4.14. The van der Waals surface area contributed by atoms with Crippen molar-refractivity contribution in [2.75, 3.05) is 14.2 Å². The minimum atomic E-state index is -0.808. The molecule has 1 aromatic rings. The lowest BCUT2D eigenvalue weighted by Gasteiger charge is -2.02. The van der Waals surface area contributed by atoms with E-state index in [1.807, 2.05) is 0 Å². The molecule has 1 aromatic heterocycles. The van der Waals surface area contributed by atoms with Crippen molar-refractivity contribution in [3.05, 3.63) is 11.4 Å². The van der Waals surface area contributed by atoms with Crippen molar-refractivity contribution in [3.63, 3.8) is 0 Å². The van der Waals surface area contributed by atoms with Gasteiger partial charge in [0, 0.05) is 0 Å². The third-order valence-corrected chi connectivity index (χ3v) is 1.83. The van der Waals surface area contributed by atoms with Crippen LogP contribution in [0.4, 0.5) is 0 Å². The summed E-state index contributed by atoms with van der Waals surface area (Å²) in [4.78, 5) is 22.8. The van der Waals surface area contributed by atoms with E-state index < -0.39 is 11.9 Å². The Morgan fingerprint density at radius 1 is 1.41 bits per heavy atom. The molecule has 0 aliphatic carbocycles. The van der Waals surface area contributed by atoms with E-state index in [-0.39, 0.29) is 17.9 Å². The van der Waals surface area contributed by atoms with Gasteiger partial charge in [-0.15, -0.1) is 10.3 Å². The Bertz CT molecular complexity index is 453. The topological polar surface area (TPSA) is 116 Å². The first-order valence-corrected chi connectivity index (χ1v) is 4.41. The molecule has 1 rings (SSSR count). The maximum absolute atomic E-state index is 11.5. The van der Waals surface area contributed by atoms with Crippen LogP contribution < -0.4 is 0 Å². The predicted octanol–water partition coefficient (Wildman–Crippen LogP) is -0.689. The highest BCUT2D eigenvalue weighted by atomic mass is 16.5. The summed E-state index contributed by atoms with van der Waals surface area (Å²) in [6, 6.07) is 0. The number of oxime groups is 1. The Morgan fingerprint density at radius 2 is 2.06 bits per heavy atom. The van der Waals surface area contributed by atoms with E-state index in [4.69, 9.17) is 5.21 Å². The lowest BCUT2D eigenvalue weighted by molar-refractivity contribution is 0.0544. The van der Waals surface area contributed by atoms with Crippen LogP contribution in [0.15, 0.2) is 5.16 Å². The maximum atomic E-state index is 11.5. The van der Waals surface area contributed by atoms with Gasteiger partial charge in [-0.1, -0.05) is 5.21 Å². The highest BCUT2D eigenvalue weighted by molar-refractivity contribution is 6.00. The summed E-state index contributed by atoms with van der Waals surface area (Å²) >= 11 is 0. The molecule has 0 saturated heterocycles. The second-order valence-electron chi connectivity index (χ2n) is 2.75. The standard InChI is InChI=1S/C8H10N4O5/c1-16-7(13)5-6(8(14)17-2)12(11-10-5)4-3-9-15/h3,15H,4H2,1-2H3. The summed E-state index contributed by atoms with van der Waals surface area (Å²) in [7, 11) is 2.30. The molecule has 0 unspecified atom stereocenters. The van der Waals surface area contributed by atoms with Gasteiger partial charge in [0.15, 0.2) is 5.69 Å².